The van der Waals surface area contributed by atoms with Gasteiger partial charge in [-0.25, -0.2) is 0 Å². The Bertz CT molecular complexity index is 732. The summed E-state index contributed by atoms with van der Waals surface area (Å²) in [5.41, 5.74) is 4.99. The van der Waals surface area contributed by atoms with Gasteiger partial charge in [-0.05, 0) is 67.9 Å². The van der Waals surface area contributed by atoms with Crippen molar-refractivity contribution < 1.29 is 9.90 Å². The van der Waals surface area contributed by atoms with Gasteiger partial charge in [-0.15, -0.1) is 0 Å². The van der Waals surface area contributed by atoms with Gasteiger partial charge in [0.15, 0.2) is 0 Å². The molecule has 0 atom stereocenters. The van der Waals surface area contributed by atoms with E-state index in [9.17, 15) is 9.90 Å². The third-order valence-electron chi connectivity index (χ3n) is 4.67. The molecule has 0 heterocycles. The third kappa shape index (κ3) is 3.85. The Labute approximate surface area is 143 Å². The van der Waals surface area contributed by atoms with Gasteiger partial charge in [-0.2, -0.15) is 0 Å². The van der Waals surface area contributed by atoms with E-state index in [4.69, 9.17) is 0 Å². The molecule has 1 amide bonds. The van der Waals surface area contributed by atoms with E-state index in [1.165, 1.54) is 16.7 Å². The van der Waals surface area contributed by atoms with Crippen LogP contribution in [0, 0.1) is 0 Å². The zero-order valence-electron chi connectivity index (χ0n) is 14.4. The highest BCUT2D eigenvalue weighted by Crippen LogP contribution is 2.20. The average molecular weight is 323 g/mol. The van der Waals surface area contributed by atoms with Crippen molar-refractivity contribution in [2.24, 2.45) is 0 Å². The number of rotatable bonds is 3. The molecule has 2 aromatic carbocycles. The minimum Gasteiger partial charge on any atom is -0.394 e. The third-order valence-corrected chi connectivity index (χ3v) is 4.67. The summed E-state index contributed by atoms with van der Waals surface area (Å²) in [5.74, 6) is -0.100. The molecular formula is C21H25NO2. The van der Waals surface area contributed by atoms with Gasteiger partial charge in [0.05, 0.1) is 12.1 Å². The monoisotopic (exact) mass is 323 g/mol. The van der Waals surface area contributed by atoms with Gasteiger partial charge in [-0.3, -0.25) is 4.79 Å². The Morgan fingerprint density at radius 3 is 2.12 bits per heavy atom. The zero-order valence-corrected chi connectivity index (χ0v) is 14.4. The predicted molar refractivity (Wildman–Crippen MR) is 96.3 cm³/mol. The minimum atomic E-state index is -0.620. The van der Waals surface area contributed by atoms with Gasteiger partial charge in [0.25, 0.3) is 5.91 Å². The summed E-state index contributed by atoms with van der Waals surface area (Å²) in [6.07, 6.45) is 3.65. The molecule has 126 valence electrons. The second-order valence-electron chi connectivity index (χ2n) is 7.30. The van der Waals surface area contributed by atoms with Crippen molar-refractivity contribution >= 4 is 5.91 Å². The first-order valence-electron chi connectivity index (χ1n) is 8.60. The summed E-state index contributed by atoms with van der Waals surface area (Å²) < 4.78 is 0. The highest BCUT2D eigenvalue weighted by atomic mass is 16.3. The van der Waals surface area contributed by atoms with Gasteiger partial charge in [0.1, 0.15) is 0 Å². The molecule has 2 N–H and O–H groups in total. The molecule has 0 aliphatic heterocycles. The largest absolute Gasteiger partial charge is 0.394 e. The Hall–Kier alpha value is -2.13. The molecular weight excluding hydrogens is 298 g/mol. The molecule has 2 aromatic rings. The lowest BCUT2D eigenvalue weighted by Gasteiger charge is -2.24. The standard InChI is InChI=1S/C21H25NO2/c1-21(2,14-23)22-20(24)19-13-17-8-7-15-3-5-16(6-4-15)9-11-18(19)12-10-17/h3-6,10,12-13,23H,7-9,11,14H2,1-2H3,(H,22,24). The maximum absolute atomic E-state index is 12.7. The number of hydrogen-bond acceptors (Lipinski definition) is 2. The van der Waals surface area contributed by atoms with Gasteiger partial charge < -0.3 is 10.4 Å². The highest BCUT2D eigenvalue weighted by molar-refractivity contribution is 5.96. The van der Waals surface area contributed by atoms with E-state index >= 15 is 0 Å². The van der Waals surface area contributed by atoms with E-state index in [2.05, 4.69) is 41.7 Å². The molecule has 6 rings (SSSR count). The Morgan fingerprint density at radius 1 is 0.958 bits per heavy atom. The van der Waals surface area contributed by atoms with Crippen molar-refractivity contribution in [2.75, 3.05) is 6.61 Å². The SMILES string of the molecule is CC(C)(CO)NC(=O)c1cc2ccc1CCc1ccc(cc1)CC2. The smallest absolute Gasteiger partial charge is 0.252 e. The number of amides is 1. The van der Waals surface area contributed by atoms with Crippen LogP contribution in [-0.4, -0.2) is 23.2 Å². The molecule has 0 fully saturated rings. The van der Waals surface area contributed by atoms with Crippen LogP contribution in [0.2, 0.25) is 0 Å². The van der Waals surface area contributed by atoms with Crippen LogP contribution in [0.3, 0.4) is 0 Å². The summed E-state index contributed by atoms with van der Waals surface area (Å²) in [5, 5.41) is 12.4. The fourth-order valence-corrected chi connectivity index (χ4v) is 3.06. The molecule has 4 aliphatic carbocycles. The molecule has 4 bridgehead atoms. The van der Waals surface area contributed by atoms with Crippen LogP contribution in [-0.2, 0) is 25.7 Å². The van der Waals surface area contributed by atoms with Gasteiger partial charge in [-0.1, -0.05) is 36.4 Å². The van der Waals surface area contributed by atoms with Crippen LogP contribution in [0.15, 0.2) is 42.5 Å². The number of aliphatic hydroxyl groups excluding tert-OH is 1. The molecule has 4 aliphatic rings. The number of carbonyl (C=O) groups excluding carboxylic acids is 1. The summed E-state index contributed by atoms with van der Waals surface area (Å²) in [7, 11) is 0. The second kappa shape index (κ2) is 6.78. The lowest BCUT2D eigenvalue weighted by atomic mass is 9.92. The number of benzene rings is 2. The Kier molecular flexibility index (Phi) is 4.72. The maximum atomic E-state index is 12.7. The van der Waals surface area contributed by atoms with Crippen LogP contribution < -0.4 is 5.32 Å². The molecule has 0 saturated heterocycles. The molecule has 3 heteroatoms. The first-order chi connectivity index (χ1) is 11.5. The summed E-state index contributed by atoms with van der Waals surface area (Å²) >= 11 is 0. The van der Waals surface area contributed by atoms with Crippen molar-refractivity contribution in [3.63, 3.8) is 0 Å². The zero-order chi connectivity index (χ0) is 17.2. The molecule has 0 unspecified atom stereocenters. The van der Waals surface area contributed by atoms with E-state index in [-0.39, 0.29) is 12.5 Å². The van der Waals surface area contributed by atoms with Crippen LogP contribution >= 0.6 is 0 Å². The quantitative estimate of drug-likeness (QED) is 0.912. The number of aliphatic hydroxyl groups is 1. The van der Waals surface area contributed by atoms with E-state index < -0.39 is 5.54 Å². The van der Waals surface area contributed by atoms with Crippen LogP contribution in [0.5, 0.6) is 0 Å². The van der Waals surface area contributed by atoms with Gasteiger partial charge in [0.2, 0.25) is 0 Å². The number of aryl methyl sites for hydroxylation is 4. The van der Waals surface area contributed by atoms with E-state index in [0.717, 1.165) is 36.8 Å². The fraction of sp³-hybridized carbons (Fsp3) is 0.381. The second-order valence-corrected chi connectivity index (χ2v) is 7.30. The number of nitrogens with one attached hydrogen (secondary N) is 1. The Balaban J connectivity index is 1.92. The molecule has 24 heavy (non-hydrogen) atoms. The topological polar surface area (TPSA) is 49.3 Å². The van der Waals surface area contributed by atoms with Crippen LogP contribution in [0.25, 0.3) is 0 Å². The summed E-state index contributed by atoms with van der Waals surface area (Å²) in [4.78, 5) is 12.7. The van der Waals surface area contributed by atoms with E-state index in [1.807, 2.05) is 19.9 Å². The average Bonchev–Trinajstić information content (AvgIpc) is 2.57. The van der Waals surface area contributed by atoms with E-state index in [1.54, 1.807) is 0 Å². The van der Waals surface area contributed by atoms with Crippen molar-refractivity contribution in [1.29, 1.82) is 0 Å². The minimum absolute atomic E-state index is 0.0837. The van der Waals surface area contributed by atoms with Gasteiger partial charge in [0, 0.05) is 5.56 Å². The molecule has 0 aromatic heterocycles. The summed E-state index contributed by atoms with van der Waals surface area (Å²) in [6.45, 7) is 3.57. The highest BCUT2D eigenvalue weighted by Gasteiger charge is 2.22. The fourth-order valence-electron chi connectivity index (χ4n) is 3.06. The first kappa shape index (κ1) is 16.7. The number of carbonyl (C=O) groups is 1. The van der Waals surface area contributed by atoms with E-state index in [0.29, 0.717) is 0 Å². The van der Waals surface area contributed by atoms with Crippen molar-refractivity contribution in [1.82, 2.24) is 5.32 Å². The predicted octanol–water partition coefficient (Wildman–Crippen LogP) is 3.07. The molecule has 0 radical (unpaired) electrons. The molecule has 0 spiro atoms. The van der Waals surface area contributed by atoms with Crippen molar-refractivity contribution in [2.45, 2.75) is 45.1 Å². The molecule has 3 nitrogen and oxygen atoms in total. The molecule has 0 saturated carbocycles. The lowest BCUT2D eigenvalue weighted by Crippen LogP contribution is -2.46. The normalized spacial score (nSPS) is 14.1. The van der Waals surface area contributed by atoms with Crippen LogP contribution in [0.4, 0.5) is 0 Å². The lowest BCUT2D eigenvalue weighted by molar-refractivity contribution is 0.0868. The maximum Gasteiger partial charge on any atom is 0.252 e. The van der Waals surface area contributed by atoms with Crippen LogP contribution in [0.1, 0.15) is 46.5 Å². The van der Waals surface area contributed by atoms with Crippen molar-refractivity contribution in [3.05, 3.63) is 70.3 Å². The van der Waals surface area contributed by atoms with Crippen molar-refractivity contribution in [3.8, 4) is 0 Å². The van der Waals surface area contributed by atoms with Gasteiger partial charge >= 0.3 is 0 Å². The first-order valence-corrected chi connectivity index (χ1v) is 8.60. The summed E-state index contributed by atoms with van der Waals surface area (Å²) in [6, 6.07) is 15.0. The Morgan fingerprint density at radius 2 is 1.50 bits per heavy atom. The number of hydrogen-bond donors (Lipinski definition) is 2.